The lowest BCUT2D eigenvalue weighted by Crippen LogP contribution is -2.34. The van der Waals surface area contributed by atoms with Crippen LogP contribution in [-0.4, -0.2) is 17.1 Å². The molecule has 4 nitrogen and oxygen atoms in total. The van der Waals surface area contributed by atoms with Gasteiger partial charge in [-0.15, -0.1) is 0 Å². The molecule has 5 heteroatoms. The van der Waals surface area contributed by atoms with Gasteiger partial charge in [0.25, 0.3) is 0 Å². The summed E-state index contributed by atoms with van der Waals surface area (Å²) in [6.45, 7) is 5.68. The minimum atomic E-state index is -0.237. The summed E-state index contributed by atoms with van der Waals surface area (Å²) in [6, 6.07) is 3.48. The number of hydrogen-bond acceptors (Lipinski definition) is 2. The van der Waals surface area contributed by atoms with Crippen molar-refractivity contribution in [2.75, 3.05) is 5.32 Å². The lowest BCUT2D eigenvalue weighted by Gasteiger charge is -2.10. The second kappa shape index (κ2) is 5.11. The first-order valence-corrected chi connectivity index (χ1v) is 5.49. The van der Waals surface area contributed by atoms with Crippen LogP contribution in [-0.2, 0) is 0 Å². The largest absolute Gasteiger partial charge is 0.336 e. The maximum absolute atomic E-state index is 11.3. The molecule has 0 aliphatic carbocycles. The van der Waals surface area contributed by atoms with E-state index in [2.05, 4.69) is 31.5 Å². The molecule has 1 heterocycles. The molecule has 1 aromatic heterocycles. The smallest absolute Gasteiger partial charge is 0.320 e. The van der Waals surface area contributed by atoms with E-state index < -0.39 is 0 Å². The van der Waals surface area contributed by atoms with Gasteiger partial charge in [-0.3, -0.25) is 5.32 Å². The molecule has 82 valence electrons. The fourth-order valence-corrected chi connectivity index (χ4v) is 1.25. The molecule has 0 saturated carbocycles. The lowest BCUT2D eigenvalue weighted by atomic mass is 10.4. The van der Waals surface area contributed by atoms with Crippen LogP contribution in [0.25, 0.3) is 0 Å². The molecule has 0 atom stereocenters. The van der Waals surface area contributed by atoms with Gasteiger partial charge in [-0.2, -0.15) is 0 Å². The van der Waals surface area contributed by atoms with Gasteiger partial charge in [0, 0.05) is 10.5 Å². The van der Waals surface area contributed by atoms with Crippen LogP contribution in [0.2, 0.25) is 0 Å². The molecule has 0 radical (unpaired) electrons. The Morgan fingerprint density at radius 1 is 1.47 bits per heavy atom. The summed E-state index contributed by atoms with van der Waals surface area (Å²) in [5.74, 6) is 0.550. The van der Waals surface area contributed by atoms with Crippen LogP contribution in [0.3, 0.4) is 0 Å². The Bertz CT molecular complexity index is 366. The molecule has 1 rings (SSSR count). The Morgan fingerprint density at radius 2 is 2.13 bits per heavy atom. The summed E-state index contributed by atoms with van der Waals surface area (Å²) in [5, 5.41) is 5.38. The highest BCUT2D eigenvalue weighted by atomic mass is 79.9. The molecular formula is C10H14BrN3O. The molecule has 0 aliphatic heterocycles. The Kier molecular flexibility index (Phi) is 4.08. The minimum absolute atomic E-state index is 0.113. The Hall–Kier alpha value is -1.10. The summed E-state index contributed by atoms with van der Waals surface area (Å²) in [4.78, 5) is 15.5. The molecule has 2 amide bonds. The van der Waals surface area contributed by atoms with Crippen LogP contribution in [0, 0.1) is 6.92 Å². The molecule has 0 saturated heterocycles. The first kappa shape index (κ1) is 12.0. The van der Waals surface area contributed by atoms with Crippen molar-refractivity contribution in [2.45, 2.75) is 26.8 Å². The van der Waals surface area contributed by atoms with Crippen molar-refractivity contribution in [2.24, 2.45) is 0 Å². The van der Waals surface area contributed by atoms with E-state index in [1.807, 2.05) is 26.8 Å². The van der Waals surface area contributed by atoms with Crippen LogP contribution in [0.4, 0.5) is 10.6 Å². The quantitative estimate of drug-likeness (QED) is 0.869. The Morgan fingerprint density at radius 3 is 2.67 bits per heavy atom. The number of nitrogens with zero attached hydrogens (tertiary/aromatic N) is 1. The number of nitrogens with one attached hydrogen (secondary N) is 2. The van der Waals surface area contributed by atoms with E-state index in [0.717, 1.165) is 10.2 Å². The predicted octanol–water partition coefficient (Wildman–Crippen LogP) is 2.68. The molecule has 2 N–H and O–H groups in total. The average molecular weight is 272 g/mol. The fraction of sp³-hybridized carbons (Fsp3) is 0.400. The molecule has 0 aromatic carbocycles. The number of urea groups is 1. The van der Waals surface area contributed by atoms with Crippen molar-refractivity contribution >= 4 is 27.8 Å². The molecule has 15 heavy (non-hydrogen) atoms. The van der Waals surface area contributed by atoms with Crippen molar-refractivity contribution in [1.82, 2.24) is 10.3 Å². The van der Waals surface area contributed by atoms with Crippen molar-refractivity contribution in [1.29, 1.82) is 0 Å². The van der Waals surface area contributed by atoms with Crippen molar-refractivity contribution in [3.05, 3.63) is 22.3 Å². The summed E-state index contributed by atoms with van der Waals surface area (Å²) < 4.78 is 0.928. The van der Waals surface area contributed by atoms with Crippen LogP contribution in [0.5, 0.6) is 0 Å². The van der Waals surface area contributed by atoms with Gasteiger partial charge < -0.3 is 5.32 Å². The predicted molar refractivity (Wildman–Crippen MR) is 64.0 cm³/mol. The third-order valence-corrected chi connectivity index (χ3v) is 2.52. The van der Waals surface area contributed by atoms with Gasteiger partial charge in [0.2, 0.25) is 0 Å². The molecule has 0 unspecified atom stereocenters. The third kappa shape index (κ3) is 3.87. The molecule has 0 fully saturated rings. The topological polar surface area (TPSA) is 54.0 Å². The third-order valence-electron chi connectivity index (χ3n) is 1.68. The van der Waals surface area contributed by atoms with Crippen molar-refractivity contribution in [3.8, 4) is 0 Å². The number of pyridine rings is 1. The van der Waals surface area contributed by atoms with Crippen LogP contribution in [0.1, 0.15) is 19.5 Å². The van der Waals surface area contributed by atoms with E-state index in [9.17, 15) is 4.79 Å². The van der Waals surface area contributed by atoms with Crippen LogP contribution in [0.15, 0.2) is 16.6 Å². The monoisotopic (exact) mass is 271 g/mol. The van der Waals surface area contributed by atoms with Gasteiger partial charge in [-0.25, -0.2) is 9.78 Å². The maximum Gasteiger partial charge on any atom is 0.320 e. The van der Waals surface area contributed by atoms with Crippen LogP contribution >= 0.6 is 15.9 Å². The van der Waals surface area contributed by atoms with Gasteiger partial charge in [0.1, 0.15) is 5.82 Å². The molecule has 0 aliphatic rings. The van der Waals surface area contributed by atoms with Crippen molar-refractivity contribution in [3.63, 3.8) is 0 Å². The summed E-state index contributed by atoms with van der Waals surface area (Å²) >= 11 is 3.35. The molecular weight excluding hydrogens is 258 g/mol. The number of carbonyl (C=O) groups excluding carboxylic acids is 1. The van der Waals surface area contributed by atoms with Gasteiger partial charge in [-0.1, -0.05) is 0 Å². The minimum Gasteiger partial charge on any atom is -0.336 e. The standard InChI is InChI=1S/C10H14BrN3O/c1-6(2)12-10(15)14-9-5-4-8(11)7(3)13-9/h4-6H,1-3H3,(H2,12,13,14,15). The summed E-state index contributed by atoms with van der Waals surface area (Å²) in [6.07, 6.45) is 0. The average Bonchev–Trinajstić information content (AvgIpc) is 2.10. The Labute approximate surface area is 97.6 Å². The van der Waals surface area contributed by atoms with Gasteiger partial charge in [-0.05, 0) is 48.8 Å². The lowest BCUT2D eigenvalue weighted by molar-refractivity contribution is 0.250. The zero-order chi connectivity index (χ0) is 11.4. The van der Waals surface area contributed by atoms with E-state index in [-0.39, 0.29) is 12.1 Å². The normalized spacial score (nSPS) is 10.2. The number of anilines is 1. The zero-order valence-electron chi connectivity index (χ0n) is 8.97. The van der Waals surface area contributed by atoms with Gasteiger partial charge >= 0.3 is 6.03 Å². The first-order chi connectivity index (χ1) is 6.99. The second-order valence-electron chi connectivity index (χ2n) is 3.52. The van der Waals surface area contributed by atoms with E-state index >= 15 is 0 Å². The highest BCUT2D eigenvalue weighted by molar-refractivity contribution is 9.10. The van der Waals surface area contributed by atoms with E-state index in [0.29, 0.717) is 5.82 Å². The zero-order valence-corrected chi connectivity index (χ0v) is 10.6. The van der Waals surface area contributed by atoms with E-state index in [1.54, 1.807) is 6.07 Å². The molecule has 0 bridgehead atoms. The fourth-order valence-electron chi connectivity index (χ4n) is 1.03. The number of rotatable bonds is 2. The van der Waals surface area contributed by atoms with E-state index in [1.165, 1.54) is 0 Å². The van der Waals surface area contributed by atoms with Crippen molar-refractivity contribution < 1.29 is 4.79 Å². The van der Waals surface area contributed by atoms with Gasteiger partial charge in [0.05, 0.1) is 5.69 Å². The number of aryl methyl sites for hydroxylation is 1. The van der Waals surface area contributed by atoms with E-state index in [4.69, 9.17) is 0 Å². The molecule has 1 aromatic rings. The van der Waals surface area contributed by atoms with Gasteiger partial charge in [0.15, 0.2) is 0 Å². The number of carbonyl (C=O) groups is 1. The summed E-state index contributed by atoms with van der Waals surface area (Å²) in [7, 11) is 0. The highest BCUT2D eigenvalue weighted by Gasteiger charge is 2.05. The number of halogens is 1. The van der Waals surface area contributed by atoms with Crippen LogP contribution < -0.4 is 10.6 Å². The maximum atomic E-state index is 11.3. The SMILES string of the molecule is Cc1nc(NC(=O)NC(C)C)ccc1Br. The number of hydrogen-bond donors (Lipinski definition) is 2. The number of aromatic nitrogens is 1. The first-order valence-electron chi connectivity index (χ1n) is 4.69. The second-order valence-corrected chi connectivity index (χ2v) is 4.37. The number of amides is 2. The molecule has 0 spiro atoms. The Balaban J connectivity index is 2.65. The highest BCUT2D eigenvalue weighted by Crippen LogP contribution is 2.15. The summed E-state index contributed by atoms with van der Waals surface area (Å²) in [5.41, 5.74) is 0.845.